The van der Waals surface area contributed by atoms with E-state index in [1.165, 1.54) is 12.1 Å². The first kappa shape index (κ1) is 17.4. The van der Waals surface area contributed by atoms with E-state index in [2.05, 4.69) is 37.6 Å². The fourth-order valence-corrected chi connectivity index (χ4v) is 3.51. The van der Waals surface area contributed by atoms with Crippen molar-refractivity contribution < 1.29 is 13.5 Å². The third-order valence-corrected chi connectivity index (χ3v) is 4.27. The van der Waals surface area contributed by atoms with E-state index >= 15 is 0 Å². The fraction of sp³-hybridized carbons (Fsp3) is 0.444. The van der Waals surface area contributed by atoms with Gasteiger partial charge in [-0.15, -0.1) is 0 Å². The molecule has 1 aromatic carbocycles. The van der Waals surface area contributed by atoms with E-state index in [1.54, 1.807) is 6.07 Å². The average Bonchev–Trinajstić information content (AvgIpc) is 2.75. The maximum Gasteiger partial charge on any atom is 0.226 e. The smallest absolute Gasteiger partial charge is 0.226 e. The van der Waals surface area contributed by atoms with E-state index in [0.29, 0.717) is 12.1 Å². The second kappa shape index (κ2) is 6.13. The SMILES string of the molecule is CC(C)N1c2cc(OCc3cc(F)cc(F)c3)nc(=N)n2CC1(C)C. The third kappa shape index (κ3) is 3.36. The van der Waals surface area contributed by atoms with Gasteiger partial charge in [0.25, 0.3) is 0 Å². The molecule has 0 fully saturated rings. The molecule has 0 saturated heterocycles. The number of anilines is 1. The Labute approximate surface area is 145 Å². The van der Waals surface area contributed by atoms with Crippen molar-refractivity contribution >= 4 is 5.82 Å². The summed E-state index contributed by atoms with van der Waals surface area (Å²) in [6, 6.07) is 5.28. The summed E-state index contributed by atoms with van der Waals surface area (Å²) in [5.74, 6) is -0.167. The Balaban J connectivity index is 1.89. The van der Waals surface area contributed by atoms with Crippen molar-refractivity contribution in [2.24, 2.45) is 0 Å². The van der Waals surface area contributed by atoms with Crippen LogP contribution in [0.4, 0.5) is 14.6 Å². The van der Waals surface area contributed by atoms with E-state index in [9.17, 15) is 8.78 Å². The van der Waals surface area contributed by atoms with Crippen LogP contribution in [-0.4, -0.2) is 21.1 Å². The van der Waals surface area contributed by atoms with Gasteiger partial charge in [0.15, 0.2) is 0 Å². The van der Waals surface area contributed by atoms with Crippen LogP contribution in [0.3, 0.4) is 0 Å². The first-order valence-corrected chi connectivity index (χ1v) is 8.21. The number of aromatic nitrogens is 2. The van der Waals surface area contributed by atoms with Crippen LogP contribution >= 0.6 is 0 Å². The number of benzene rings is 1. The Morgan fingerprint density at radius 3 is 2.44 bits per heavy atom. The molecule has 1 aromatic heterocycles. The second-order valence-corrected chi connectivity index (χ2v) is 7.20. The second-order valence-electron chi connectivity index (χ2n) is 7.20. The minimum atomic E-state index is -0.648. The van der Waals surface area contributed by atoms with E-state index in [4.69, 9.17) is 10.1 Å². The van der Waals surface area contributed by atoms with Crippen molar-refractivity contribution in [3.63, 3.8) is 0 Å². The summed E-state index contributed by atoms with van der Waals surface area (Å²) in [7, 11) is 0. The van der Waals surface area contributed by atoms with Gasteiger partial charge in [0.2, 0.25) is 11.5 Å². The van der Waals surface area contributed by atoms with E-state index < -0.39 is 11.6 Å². The van der Waals surface area contributed by atoms with Gasteiger partial charge < -0.3 is 9.64 Å². The molecule has 1 N–H and O–H groups in total. The highest BCUT2D eigenvalue weighted by atomic mass is 19.1. The predicted octanol–water partition coefficient (Wildman–Crippen LogP) is 3.23. The number of ether oxygens (including phenoxy) is 1. The molecule has 1 aliphatic rings. The summed E-state index contributed by atoms with van der Waals surface area (Å²) >= 11 is 0. The van der Waals surface area contributed by atoms with E-state index in [-0.39, 0.29) is 29.7 Å². The van der Waals surface area contributed by atoms with Gasteiger partial charge in [0.05, 0.1) is 12.1 Å². The molecular weight excluding hydrogens is 326 g/mol. The summed E-state index contributed by atoms with van der Waals surface area (Å²) in [5, 5.41) is 8.18. The molecule has 2 aromatic rings. The van der Waals surface area contributed by atoms with Gasteiger partial charge in [-0.2, -0.15) is 4.98 Å². The van der Waals surface area contributed by atoms with Crippen LogP contribution in [0.15, 0.2) is 24.3 Å². The molecule has 0 amide bonds. The van der Waals surface area contributed by atoms with E-state index in [1.807, 2.05) is 4.57 Å². The zero-order valence-corrected chi connectivity index (χ0v) is 14.8. The van der Waals surface area contributed by atoms with Gasteiger partial charge in [-0.3, -0.25) is 9.98 Å². The topological polar surface area (TPSA) is 54.1 Å². The monoisotopic (exact) mass is 348 g/mol. The van der Waals surface area contributed by atoms with Crippen molar-refractivity contribution in [2.45, 2.75) is 52.4 Å². The fourth-order valence-electron chi connectivity index (χ4n) is 3.51. The number of halogens is 2. The van der Waals surface area contributed by atoms with Crippen molar-refractivity contribution in [1.29, 1.82) is 5.41 Å². The van der Waals surface area contributed by atoms with Crippen LogP contribution in [0.5, 0.6) is 5.88 Å². The zero-order chi connectivity index (χ0) is 18.4. The van der Waals surface area contributed by atoms with Crippen molar-refractivity contribution in [1.82, 2.24) is 9.55 Å². The van der Waals surface area contributed by atoms with Crippen LogP contribution in [0, 0.1) is 17.0 Å². The quantitative estimate of drug-likeness (QED) is 0.923. The van der Waals surface area contributed by atoms with Gasteiger partial charge in [0, 0.05) is 18.2 Å². The molecule has 0 atom stereocenters. The average molecular weight is 348 g/mol. The summed E-state index contributed by atoms with van der Waals surface area (Å²) in [6.45, 7) is 9.08. The Bertz CT molecular complexity index is 840. The van der Waals surface area contributed by atoms with Crippen LogP contribution < -0.4 is 15.3 Å². The molecule has 7 heteroatoms. The Hall–Kier alpha value is -2.44. The van der Waals surface area contributed by atoms with Gasteiger partial charge in [-0.1, -0.05) is 0 Å². The van der Waals surface area contributed by atoms with Crippen molar-refractivity contribution in [3.8, 4) is 5.88 Å². The van der Waals surface area contributed by atoms with Gasteiger partial charge in [-0.25, -0.2) is 8.78 Å². The molecular formula is C18H22F2N4O. The minimum absolute atomic E-state index is 0.0182. The molecule has 1 aliphatic heterocycles. The molecule has 0 bridgehead atoms. The summed E-state index contributed by atoms with van der Waals surface area (Å²) in [6.07, 6.45) is 0. The molecule has 3 rings (SSSR count). The lowest BCUT2D eigenvalue weighted by Gasteiger charge is -2.36. The number of nitrogens with one attached hydrogen (secondary N) is 1. The standard InChI is InChI=1S/C18H22F2N4O/c1-11(2)24-16-8-15(22-17(21)23(16)10-18(24,3)4)25-9-12-5-13(19)7-14(20)6-12/h5-8,11,21H,9-10H2,1-4H3. The van der Waals surface area contributed by atoms with E-state index in [0.717, 1.165) is 11.9 Å². The summed E-state index contributed by atoms with van der Waals surface area (Å²) < 4.78 is 34.0. The lowest BCUT2D eigenvalue weighted by molar-refractivity contribution is 0.289. The molecule has 0 spiro atoms. The van der Waals surface area contributed by atoms with Crippen LogP contribution in [0.1, 0.15) is 33.3 Å². The lowest BCUT2D eigenvalue weighted by Crippen LogP contribution is -2.45. The molecule has 0 radical (unpaired) electrons. The highest BCUT2D eigenvalue weighted by molar-refractivity contribution is 5.49. The molecule has 134 valence electrons. The lowest BCUT2D eigenvalue weighted by atomic mass is 10.0. The molecule has 0 saturated carbocycles. The van der Waals surface area contributed by atoms with Crippen molar-refractivity contribution in [2.75, 3.05) is 4.90 Å². The van der Waals surface area contributed by atoms with Crippen molar-refractivity contribution in [3.05, 3.63) is 47.1 Å². The number of nitrogens with zero attached hydrogens (tertiary/aromatic N) is 3. The van der Waals surface area contributed by atoms with Gasteiger partial charge in [0.1, 0.15) is 24.1 Å². The maximum absolute atomic E-state index is 13.3. The zero-order valence-electron chi connectivity index (χ0n) is 14.8. The first-order chi connectivity index (χ1) is 11.7. The number of hydrogen-bond acceptors (Lipinski definition) is 4. The predicted molar refractivity (Wildman–Crippen MR) is 90.5 cm³/mol. The molecule has 25 heavy (non-hydrogen) atoms. The highest BCUT2D eigenvalue weighted by Gasteiger charge is 2.38. The first-order valence-electron chi connectivity index (χ1n) is 8.21. The third-order valence-electron chi connectivity index (χ3n) is 4.27. The Morgan fingerprint density at radius 2 is 1.84 bits per heavy atom. The number of fused-ring (bicyclic) bond motifs is 1. The van der Waals surface area contributed by atoms with Gasteiger partial charge in [-0.05, 0) is 45.4 Å². The summed E-state index contributed by atoms with van der Waals surface area (Å²) in [4.78, 5) is 6.38. The molecule has 0 aliphatic carbocycles. The maximum atomic E-state index is 13.3. The summed E-state index contributed by atoms with van der Waals surface area (Å²) in [5.41, 5.74) is 0.345. The van der Waals surface area contributed by atoms with Crippen LogP contribution in [0.25, 0.3) is 0 Å². The van der Waals surface area contributed by atoms with Crippen LogP contribution in [-0.2, 0) is 13.2 Å². The normalized spacial score (nSPS) is 15.6. The largest absolute Gasteiger partial charge is 0.473 e. The van der Waals surface area contributed by atoms with Gasteiger partial charge >= 0.3 is 0 Å². The molecule has 2 heterocycles. The minimum Gasteiger partial charge on any atom is -0.473 e. The molecule has 5 nitrogen and oxygen atoms in total. The number of rotatable bonds is 4. The Kier molecular flexibility index (Phi) is 4.26. The highest BCUT2D eigenvalue weighted by Crippen LogP contribution is 2.35. The van der Waals surface area contributed by atoms with Crippen LogP contribution in [0.2, 0.25) is 0 Å². The molecule has 0 unspecified atom stereocenters. The Morgan fingerprint density at radius 1 is 1.20 bits per heavy atom. The number of hydrogen-bond donors (Lipinski definition) is 1.